The van der Waals surface area contributed by atoms with Gasteiger partial charge in [0.1, 0.15) is 10.1 Å². The van der Waals surface area contributed by atoms with Gasteiger partial charge in [-0.3, -0.25) is 14.5 Å². The molecule has 196 valence electrons. The van der Waals surface area contributed by atoms with Crippen LogP contribution in [0.4, 0.5) is 10.1 Å². The van der Waals surface area contributed by atoms with Gasteiger partial charge in [-0.1, -0.05) is 78.0 Å². The summed E-state index contributed by atoms with van der Waals surface area (Å²) in [6.45, 7) is 3.63. The molecule has 0 unspecified atom stereocenters. The van der Waals surface area contributed by atoms with Gasteiger partial charge in [-0.05, 0) is 55.3 Å². The van der Waals surface area contributed by atoms with E-state index in [1.165, 1.54) is 30.0 Å². The monoisotopic (exact) mass is 570 g/mol. The van der Waals surface area contributed by atoms with Crippen molar-refractivity contribution in [1.82, 2.24) is 4.90 Å². The van der Waals surface area contributed by atoms with E-state index in [1.54, 1.807) is 36.1 Å². The topological polar surface area (TPSA) is 67.9 Å². The Morgan fingerprint density at radius 3 is 2.58 bits per heavy atom. The first kappa shape index (κ1) is 27.6. The number of nitrogens with one attached hydrogen (secondary N) is 1. The molecule has 4 rings (SSSR count). The lowest BCUT2D eigenvalue weighted by Crippen LogP contribution is -2.30. The summed E-state index contributed by atoms with van der Waals surface area (Å²) in [6, 6.07) is 18.6. The number of hydrogen-bond donors (Lipinski definition) is 1. The second-order valence-corrected chi connectivity index (χ2v) is 10.3. The zero-order valence-corrected chi connectivity index (χ0v) is 23.0. The number of hydrogen-bond acceptors (Lipinski definition) is 6. The molecule has 1 fully saturated rings. The van der Waals surface area contributed by atoms with Crippen LogP contribution in [0.5, 0.6) is 11.5 Å². The van der Waals surface area contributed by atoms with Crippen molar-refractivity contribution in [2.24, 2.45) is 0 Å². The molecule has 0 bridgehead atoms. The van der Waals surface area contributed by atoms with Gasteiger partial charge in [-0.25, -0.2) is 4.39 Å². The van der Waals surface area contributed by atoms with Crippen molar-refractivity contribution in [2.45, 2.75) is 19.9 Å². The van der Waals surface area contributed by atoms with Crippen molar-refractivity contribution in [3.05, 3.63) is 93.6 Å². The lowest BCUT2D eigenvalue weighted by molar-refractivity contribution is -0.123. The molecule has 1 aliphatic heterocycles. The molecule has 0 radical (unpaired) electrons. The predicted molar refractivity (Wildman–Crippen MR) is 153 cm³/mol. The third kappa shape index (κ3) is 6.35. The highest BCUT2D eigenvalue weighted by Gasteiger charge is 2.36. The number of benzene rings is 3. The van der Waals surface area contributed by atoms with Crippen LogP contribution < -0.4 is 14.8 Å². The van der Waals surface area contributed by atoms with Crippen molar-refractivity contribution >= 4 is 63.5 Å². The van der Waals surface area contributed by atoms with E-state index < -0.39 is 18.3 Å². The normalized spacial score (nSPS) is 15.1. The van der Waals surface area contributed by atoms with E-state index in [1.807, 2.05) is 37.3 Å². The summed E-state index contributed by atoms with van der Waals surface area (Å²) in [5.41, 5.74) is 1.63. The summed E-state index contributed by atoms with van der Waals surface area (Å²) < 4.78 is 25.6. The molecule has 1 saturated heterocycles. The Bertz CT molecular complexity index is 1400. The lowest BCUT2D eigenvalue weighted by Gasteiger charge is -2.23. The van der Waals surface area contributed by atoms with Gasteiger partial charge in [0.15, 0.2) is 18.1 Å². The molecule has 0 saturated carbocycles. The zero-order valence-electron chi connectivity index (χ0n) is 20.6. The van der Waals surface area contributed by atoms with Gasteiger partial charge in [-0.2, -0.15) is 0 Å². The number of amides is 2. The fraction of sp³-hybridized carbons (Fsp3) is 0.179. The maximum Gasteiger partial charge on any atom is 0.266 e. The van der Waals surface area contributed by atoms with Crippen LogP contribution in [0.3, 0.4) is 0 Å². The van der Waals surface area contributed by atoms with Gasteiger partial charge in [0, 0.05) is 0 Å². The Morgan fingerprint density at radius 1 is 1.16 bits per heavy atom. The van der Waals surface area contributed by atoms with Crippen LogP contribution in [0.1, 0.15) is 31.0 Å². The average molecular weight is 571 g/mol. The molecule has 2 amide bonds. The fourth-order valence-corrected chi connectivity index (χ4v) is 5.50. The molecular weight excluding hydrogens is 547 g/mol. The molecule has 1 atom stereocenters. The quantitative estimate of drug-likeness (QED) is 0.224. The van der Waals surface area contributed by atoms with Crippen LogP contribution in [0.2, 0.25) is 5.02 Å². The molecule has 1 aliphatic rings. The minimum atomic E-state index is -0.561. The standard InChI is InChI=1S/C28H24ClFN2O4S2/c1-3-35-23-14-18(13-20(29)26(23)36-16-25(33)31-22-12-8-7-11-21(22)30)15-24-27(34)32(28(37)38-24)17(2)19-9-5-4-6-10-19/h4-15,17H,3,16H2,1-2H3,(H,31,33)/b24-15-/t17-/m0/s1. The molecule has 6 nitrogen and oxygen atoms in total. The van der Waals surface area contributed by atoms with E-state index in [4.69, 9.17) is 33.3 Å². The number of ether oxygens (including phenoxy) is 2. The Kier molecular flexibility index (Phi) is 9.04. The molecule has 0 aromatic heterocycles. The van der Waals surface area contributed by atoms with Gasteiger partial charge in [0.2, 0.25) is 0 Å². The molecule has 3 aromatic rings. The van der Waals surface area contributed by atoms with Gasteiger partial charge >= 0.3 is 0 Å². The lowest BCUT2D eigenvalue weighted by atomic mass is 10.1. The number of nitrogens with zero attached hydrogens (tertiary/aromatic N) is 1. The molecule has 0 aliphatic carbocycles. The van der Waals surface area contributed by atoms with Crippen molar-refractivity contribution in [1.29, 1.82) is 0 Å². The molecule has 10 heteroatoms. The summed E-state index contributed by atoms with van der Waals surface area (Å²) in [4.78, 5) is 27.6. The predicted octanol–water partition coefficient (Wildman–Crippen LogP) is 6.86. The number of para-hydroxylation sites is 1. The number of carbonyl (C=O) groups excluding carboxylic acids is 2. The van der Waals surface area contributed by atoms with Crippen molar-refractivity contribution in [3.8, 4) is 11.5 Å². The second-order valence-electron chi connectivity index (χ2n) is 8.22. The van der Waals surface area contributed by atoms with Crippen LogP contribution in [0, 0.1) is 5.82 Å². The molecular formula is C28H24ClFN2O4S2. The SMILES string of the molecule is CCOc1cc(/C=C2\SC(=S)N([C@@H](C)c3ccccc3)C2=O)cc(Cl)c1OCC(=O)Nc1ccccc1F. The van der Waals surface area contributed by atoms with E-state index in [0.717, 1.165) is 5.56 Å². The number of carbonyl (C=O) groups is 2. The molecule has 3 aromatic carbocycles. The minimum absolute atomic E-state index is 0.0477. The summed E-state index contributed by atoms with van der Waals surface area (Å²) >= 11 is 13.2. The van der Waals surface area contributed by atoms with Crippen LogP contribution >= 0.6 is 35.6 Å². The summed E-state index contributed by atoms with van der Waals surface area (Å²) in [5, 5.41) is 2.64. The number of halogens is 2. The third-order valence-corrected chi connectivity index (χ3v) is 7.23. The zero-order chi connectivity index (χ0) is 27.2. The highest BCUT2D eigenvalue weighted by Crippen LogP contribution is 2.41. The summed E-state index contributed by atoms with van der Waals surface area (Å²) in [5.74, 6) is -0.844. The second kappa shape index (κ2) is 12.4. The smallest absolute Gasteiger partial charge is 0.266 e. The Morgan fingerprint density at radius 2 is 1.87 bits per heavy atom. The van der Waals surface area contributed by atoms with Crippen molar-refractivity contribution < 1.29 is 23.5 Å². The van der Waals surface area contributed by atoms with Crippen LogP contribution in [-0.2, 0) is 9.59 Å². The molecule has 1 N–H and O–H groups in total. The van der Waals surface area contributed by atoms with Crippen molar-refractivity contribution in [3.63, 3.8) is 0 Å². The van der Waals surface area contributed by atoms with Crippen LogP contribution in [0.15, 0.2) is 71.6 Å². The first-order valence-electron chi connectivity index (χ1n) is 11.7. The number of thiocarbonyl (C=S) groups is 1. The van der Waals surface area contributed by atoms with Gasteiger partial charge in [0.05, 0.1) is 28.3 Å². The first-order chi connectivity index (χ1) is 18.3. The van der Waals surface area contributed by atoms with E-state index in [9.17, 15) is 14.0 Å². The Labute approximate surface area is 234 Å². The number of rotatable bonds is 9. The maximum absolute atomic E-state index is 13.8. The molecule has 0 spiro atoms. The third-order valence-electron chi connectivity index (χ3n) is 5.62. The maximum atomic E-state index is 13.8. The summed E-state index contributed by atoms with van der Waals surface area (Å²) in [6.07, 6.45) is 1.69. The number of thioether (sulfide) groups is 1. The average Bonchev–Trinajstić information content (AvgIpc) is 3.17. The van der Waals surface area contributed by atoms with E-state index in [0.29, 0.717) is 27.1 Å². The highest BCUT2D eigenvalue weighted by molar-refractivity contribution is 8.26. The minimum Gasteiger partial charge on any atom is -0.490 e. The van der Waals surface area contributed by atoms with Gasteiger partial charge in [-0.15, -0.1) is 0 Å². The Hall–Kier alpha value is -3.40. The summed E-state index contributed by atoms with van der Waals surface area (Å²) in [7, 11) is 0. The van der Waals surface area contributed by atoms with Crippen molar-refractivity contribution in [2.75, 3.05) is 18.5 Å². The van der Waals surface area contributed by atoms with Gasteiger partial charge < -0.3 is 14.8 Å². The van der Waals surface area contributed by atoms with E-state index in [2.05, 4.69) is 5.32 Å². The van der Waals surface area contributed by atoms with E-state index >= 15 is 0 Å². The largest absolute Gasteiger partial charge is 0.490 e. The fourth-order valence-electron chi connectivity index (χ4n) is 3.81. The Balaban J connectivity index is 1.52. The highest BCUT2D eigenvalue weighted by atomic mass is 35.5. The molecule has 1 heterocycles. The van der Waals surface area contributed by atoms with Gasteiger partial charge in [0.25, 0.3) is 11.8 Å². The number of anilines is 1. The van der Waals surface area contributed by atoms with Crippen LogP contribution in [0.25, 0.3) is 6.08 Å². The molecule has 38 heavy (non-hydrogen) atoms. The first-order valence-corrected chi connectivity index (χ1v) is 13.3. The van der Waals surface area contributed by atoms with E-state index in [-0.39, 0.29) is 28.4 Å². The van der Waals surface area contributed by atoms with Crippen LogP contribution in [-0.4, -0.2) is 34.2 Å².